The van der Waals surface area contributed by atoms with Crippen LogP contribution < -0.4 is 0 Å². The number of carboxylic acid groups (broad SMARTS) is 1. The Balaban J connectivity index is 1.98. The molecule has 0 radical (unpaired) electrons. The average molecular weight is 276 g/mol. The molecule has 0 spiro atoms. The molecule has 0 bridgehead atoms. The number of benzene rings is 2. The minimum atomic E-state index is -0.959. The second-order valence-corrected chi connectivity index (χ2v) is 4.54. The lowest BCUT2D eigenvalue weighted by Gasteiger charge is -2.00. The number of carbonyl (C=O) groups is 1. The van der Waals surface area contributed by atoms with Gasteiger partial charge in [0.25, 0.3) is 0 Å². The molecule has 0 amide bonds. The molecule has 0 atom stereocenters. The fourth-order valence-corrected chi connectivity index (χ4v) is 2.10. The van der Waals surface area contributed by atoms with Crippen molar-refractivity contribution in [3.05, 3.63) is 71.9 Å². The SMILES string of the molecule is O=C(O)c1cccc(N=Cc2cccc3cccnc23)c1. The first-order valence-corrected chi connectivity index (χ1v) is 6.45. The molecule has 0 aliphatic heterocycles. The van der Waals surface area contributed by atoms with E-state index < -0.39 is 5.97 Å². The van der Waals surface area contributed by atoms with Crippen molar-refractivity contribution in [2.75, 3.05) is 0 Å². The Hall–Kier alpha value is -3.01. The van der Waals surface area contributed by atoms with Crippen molar-refractivity contribution in [2.45, 2.75) is 0 Å². The zero-order valence-electron chi connectivity index (χ0n) is 11.1. The van der Waals surface area contributed by atoms with Crippen molar-refractivity contribution in [1.82, 2.24) is 4.98 Å². The van der Waals surface area contributed by atoms with E-state index in [2.05, 4.69) is 9.98 Å². The second-order valence-electron chi connectivity index (χ2n) is 4.54. The Labute approximate surface area is 121 Å². The second kappa shape index (κ2) is 5.54. The minimum Gasteiger partial charge on any atom is -0.478 e. The first-order chi connectivity index (χ1) is 10.2. The Kier molecular flexibility index (Phi) is 3.43. The maximum Gasteiger partial charge on any atom is 0.335 e. The van der Waals surface area contributed by atoms with Crippen LogP contribution >= 0.6 is 0 Å². The molecule has 2 aromatic carbocycles. The highest BCUT2D eigenvalue weighted by Crippen LogP contribution is 2.17. The molecular formula is C17H12N2O2. The monoisotopic (exact) mass is 276 g/mol. The number of pyridine rings is 1. The van der Waals surface area contributed by atoms with Crippen molar-refractivity contribution >= 4 is 28.8 Å². The summed E-state index contributed by atoms with van der Waals surface area (Å²) in [7, 11) is 0. The van der Waals surface area contributed by atoms with E-state index in [1.807, 2.05) is 30.3 Å². The maximum absolute atomic E-state index is 10.9. The number of para-hydroxylation sites is 1. The van der Waals surface area contributed by atoms with E-state index in [1.165, 1.54) is 6.07 Å². The highest BCUT2D eigenvalue weighted by atomic mass is 16.4. The Morgan fingerprint density at radius 3 is 2.76 bits per heavy atom. The van der Waals surface area contributed by atoms with E-state index in [4.69, 9.17) is 5.11 Å². The topological polar surface area (TPSA) is 62.5 Å². The first-order valence-electron chi connectivity index (χ1n) is 6.45. The molecule has 21 heavy (non-hydrogen) atoms. The summed E-state index contributed by atoms with van der Waals surface area (Å²) < 4.78 is 0. The molecule has 4 nitrogen and oxygen atoms in total. The van der Waals surface area contributed by atoms with Gasteiger partial charge in [-0.15, -0.1) is 0 Å². The van der Waals surface area contributed by atoms with Crippen LogP contribution in [0, 0.1) is 0 Å². The van der Waals surface area contributed by atoms with Crippen molar-refractivity contribution in [3.63, 3.8) is 0 Å². The number of fused-ring (bicyclic) bond motifs is 1. The zero-order valence-corrected chi connectivity index (χ0v) is 11.1. The van der Waals surface area contributed by atoms with Gasteiger partial charge in [0, 0.05) is 23.4 Å². The van der Waals surface area contributed by atoms with E-state index >= 15 is 0 Å². The fourth-order valence-electron chi connectivity index (χ4n) is 2.10. The van der Waals surface area contributed by atoms with Crippen molar-refractivity contribution in [3.8, 4) is 0 Å². The van der Waals surface area contributed by atoms with Crippen LogP contribution in [0.1, 0.15) is 15.9 Å². The van der Waals surface area contributed by atoms with E-state index in [9.17, 15) is 4.79 Å². The van der Waals surface area contributed by atoms with Crippen molar-refractivity contribution < 1.29 is 9.90 Å². The predicted octanol–water partition coefficient (Wildman–Crippen LogP) is 3.68. The third-order valence-corrected chi connectivity index (χ3v) is 3.11. The molecule has 0 fully saturated rings. The molecule has 0 unspecified atom stereocenters. The molecule has 1 heterocycles. The standard InChI is InChI=1S/C17H12N2O2/c20-17(21)13-5-2-8-15(10-13)19-11-14-6-1-4-12-7-3-9-18-16(12)14/h1-11H,(H,20,21). The summed E-state index contributed by atoms with van der Waals surface area (Å²) >= 11 is 0. The molecule has 1 aromatic heterocycles. The molecular weight excluding hydrogens is 264 g/mol. The summed E-state index contributed by atoms with van der Waals surface area (Å²) in [5, 5.41) is 10.0. The average Bonchev–Trinajstić information content (AvgIpc) is 2.53. The van der Waals surface area contributed by atoms with Gasteiger partial charge in [-0.2, -0.15) is 0 Å². The first kappa shape index (κ1) is 13.0. The third-order valence-electron chi connectivity index (χ3n) is 3.11. The third kappa shape index (κ3) is 2.79. The van der Waals surface area contributed by atoms with Gasteiger partial charge in [0.2, 0.25) is 0 Å². The highest BCUT2D eigenvalue weighted by molar-refractivity contribution is 5.98. The van der Waals surface area contributed by atoms with Gasteiger partial charge in [-0.1, -0.05) is 30.3 Å². The van der Waals surface area contributed by atoms with E-state index in [1.54, 1.807) is 30.6 Å². The number of hydrogen-bond donors (Lipinski definition) is 1. The van der Waals surface area contributed by atoms with Gasteiger partial charge in [-0.05, 0) is 24.3 Å². The number of hydrogen-bond acceptors (Lipinski definition) is 3. The number of nitrogens with zero attached hydrogens (tertiary/aromatic N) is 2. The Morgan fingerprint density at radius 1 is 1.10 bits per heavy atom. The van der Waals surface area contributed by atoms with Crippen LogP contribution in [0.2, 0.25) is 0 Å². The summed E-state index contributed by atoms with van der Waals surface area (Å²) in [4.78, 5) is 19.6. The smallest absolute Gasteiger partial charge is 0.335 e. The van der Waals surface area contributed by atoms with Gasteiger partial charge in [0.1, 0.15) is 0 Å². The minimum absolute atomic E-state index is 0.223. The zero-order chi connectivity index (χ0) is 14.7. The van der Waals surface area contributed by atoms with Crippen LogP contribution in [0.4, 0.5) is 5.69 Å². The number of carboxylic acids is 1. The van der Waals surface area contributed by atoms with Gasteiger partial charge in [-0.3, -0.25) is 9.98 Å². The number of aliphatic imine (C=N–C) groups is 1. The Bertz CT molecular complexity index is 836. The quantitative estimate of drug-likeness (QED) is 0.742. The Morgan fingerprint density at radius 2 is 1.90 bits per heavy atom. The van der Waals surface area contributed by atoms with Crippen molar-refractivity contribution in [2.24, 2.45) is 4.99 Å². The normalized spacial score (nSPS) is 11.0. The molecule has 0 aliphatic carbocycles. The van der Waals surface area contributed by atoms with Crippen LogP contribution in [0.25, 0.3) is 10.9 Å². The molecule has 102 valence electrons. The molecule has 4 heteroatoms. The predicted molar refractivity (Wildman–Crippen MR) is 82.4 cm³/mol. The molecule has 0 saturated heterocycles. The van der Waals surface area contributed by atoms with E-state index in [0.717, 1.165) is 16.5 Å². The summed E-state index contributed by atoms with van der Waals surface area (Å²) in [6.07, 6.45) is 3.45. The summed E-state index contributed by atoms with van der Waals surface area (Å²) in [5.41, 5.74) is 2.59. The van der Waals surface area contributed by atoms with Crippen LogP contribution in [-0.2, 0) is 0 Å². The van der Waals surface area contributed by atoms with Gasteiger partial charge in [0.15, 0.2) is 0 Å². The molecule has 0 saturated carbocycles. The lowest BCUT2D eigenvalue weighted by molar-refractivity contribution is 0.0697. The van der Waals surface area contributed by atoms with Crippen LogP contribution in [0.15, 0.2) is 65.8 Å². The van der Waals surface area contributed by atoms with Gasteiger partial charge in [-0.25, -0.2) is 4.79 Å². The van der Waals surface area contributed by atoms with Gasteiger partial charge in [0.05, 0.1) is 16.8 Å². The number of aromatic nitrogens is 1. The molecule has 3 aromatic rings. The molecule has 3 rings (SSSR count). The lowest BCUT2D eigenvalue weighted by atomic mass is 10.1. The largest absolute Gasteiger partial charge is 0.478 e. The van der Waals surface area contributed by atoms with Crippen molar-refractivity contribution in [1.29, 1.82) is 0 Å². The highest BCUT2D eigenvalue weighted by Gasteiger charge is 2.02. The van der Waals surface area contributed by atoms with Gasteiger partial charge < -0.3 is 5.11 Å². The fraction of sp³-hybridized carbons (Fsp3) is 0. The van der Waals surface area contributed by atoms with E-state index in [-0.39, 0.29) is 5.56 Å². The van der Waals surface area contributed by atoms with E-state index in [0.29, 0.717) is 5.69 Å². The summed E-state index contributed by atoms with van der Waals surface area (Å²) in [6.45, 7) is 0. The van der Waals surface area contributed by atoms with Crippen LogP contribution in [-0.4, -0.2) is 22.3 Å². The molecule has 0 aliphatic rings. The number of aromatic carboxylic acids is 1. The van der Waals surface area contributed by atoms with Crippen LogP contribution in [0.5, 0.6) is 0 Å². The maximum atomic E-state index is 10.9. The van der Waals surface area contributed by atoms with Crippen LogP contribution in [0.3, 0.4) is 0 Å². The molecule has 1 N–H and O–H groups in total. The number of rotatable bonds is 3. The van der Waals surface area contributed by atoms with Gasteiger partial charge >= 0.3 is 5.97 Å². The lowest BCUT2D eigenvalue weighted by Crippen LogP contribution is -1.94. The summed E-state index contributed by atoms with van der Waals surface area (Å²) in [5.74, 6) is -0.959. The summed E-state index contributed by atoms with van der Waals surface area (Å²) in [6, 6.07) is 16.3.